The van der Waals surface area contributed by atoms with Gasteiger partial charge in [0.15, 0.2) is 6.10 Å². The number of hydrogen-bond acceptors (Lipinski definition) is 2. The van der Waals surface area contributed by atoms with Gasteiger partial charge in [-0.25, -0.2) is 4.39 Å². The first-order valence-electron chi connectivity index (χ1n) is 7.97. The molecule has 0 saturated carbocycles. The van der Waals surface area contributed by atoms with Crippen LogP contribution >= 0.6 is 0 Å². The molecule has 0 aromatic heterocycles. The first-order chi connectivity index (χ1) is 11.1. The second-order valence-electron chi connectivity index (χ2n) is 5.86. The van der Waals surface area contributed by atoms with E-state index in [1.54, 1.807) is 6.92 Å². The summed E-state index contributed by atoms with van der Waals surface area (Å²) < 4.78 is 18.8. The summed E-state index contributed by atoms with van der Waals surface area (Å²) in [5.41, 5.74) is 3.10. The third kappa shape index (κ3) is 3.70. The van der Waals surface area contributed by atoms with E-state index in [1.165, 1.54) is 41.8 Å². The number of halogens is 1. The molecule has 0 bridgehead atoms. The van der Waals surface area contributed by atoms with Gasteiger partial charge in [0.2, 0.25) is 0 Å². The third-order valence-corrected chi connectivity index (χ3v) is 4.14. The number of carbonyl (C=O) groups is 1. The molecule has 0 fully saturated rings. The Balaban J connectivity index is 1.68. The molecule has 23 heavy (non-hydrogen) atoms. The minimum atomic E-state index is -0.617. The molecule has 3 rings (SSSR count). The molecule has 1 N–H and O–H groups in total. The van der Waals surface area contributed by atoms with Crippen molar-refractivity contribution in [3.05, 3.63) is 59.4 Å². The highest BCUT2D eigenvalue weighted by molar-refractivity contribution is 5.94. The van der Waals surface area contributed by atoms with E-state index in [1.807, 2.05) is 12.1 Å². The summed E-state index contributed by atoms with van der Waals surface area (Å²) in [4.78, 5) is 12.2. The fraction of sp³-hybridized carbons (Fsp3) is 0.316. The second kappa shape index (κ2) is 6.82. The monoisotopic (exact) mass is 313 g/mol. The summed E-state index contributed by atoms with van der Waals surface area (Å²) in [6.07, 6.45) is 3.81. The molecule has 4 heteroatoms. The number of nitrogens with one attached hydrogen (secondary N) is 1. The number of aryl methyl sites for hydroxylation is 1. The number of anilines is 1. The summed E-state index contributed by atoms with van der Waals surface area (Å²) in [7, 11) is 0. The highest BCUT2D eigenvalue weighted by Crippen LogP contribution is 2.30. The maximum atomic E-state index is 12.9. The topological polar surface area (TPSA) is 38.3 Å². The van der Waals surface area contributed by atoms with E-state index < -0.39 is 6.10 Å². The van der Waals surface area contributed by atoms with Crippen molar-refractivity contribution in [2.75, 3.05) is 5.32 Å². The van der Waals surface area contributed by atoms with Crippen molar-refractivity contribution in [3.63, 3.8) is 0 Å². The molecule has 3 nitrogen and oxygen atoms in total. The Kier molecular flexibility index (Phi) is 4.60. The van der Waals surface area contributed by atoms with Crippen molar-refractivity contribution >= 4 is 11.6 Å². The number of hydrogen-bond donors (Lipinski definition) is 1. The van der Waals surface area contributed by atoms with Crippen LogP contribution < -0.4 is 10.1 Å². The van der Waals surface area contributed by atoms with Crippen molar-refractivity contribution in [1.29, 1.82) is 0 Å². The van der Waals surface area contributed by atoms with E-state index in [-0.39, 0.29) is 11.7 Å². The summed E-state index contributed by atoms with van der Waals surface area (Å²) in [6.45, 7) is 1.72. The van der Waals surface area contributed by atoms with Crippen LogP contribution in [0.1, 0.15) is 30.9 Å². The number of fused-ring (bicyclic) bond motifs is 1. The van der Waals surface area contributed by atoms with Crippen molar-refractivity contribution < 1.29 is 13.9 Å². The average molecular weight is 313 g/mol. The Hall–Kier alpha value is -2.36. The molecule has 0 radical (unpaired) electrons. The summed E-state index contributed by atoms with van der Waals surface area (Å²) >= 11 is 0. The van der Waals surface area contributed by atoms with E-state index in [9.17, 15) is 9.18 Å². The lowest BCUT2D eigenvalue weighted by atomic mass is 9.91. The molecule has 1 unspecified atom stereocenters. The van der Waals surface area contributed by atoms with Gasteiger partial charge in [-0.2, -0.15) is 0 Å². The zero-order valence-electron chi connectivity index (χ0n) is 13.1. The zero-order chi connectivity index (χ0) is 16.2. The van der Waals surface area contributed by atoms with Crippen LogP contribution in [0.25, 0.3) is 0 Å². The lowest BCUT2D eigenvalue weighted by Crippen LogP contribution is -2.30. The molecule has 0 spiro atoms. The minimum absolute atomic E-state index is 0.245. The highest BCUT2D eigenvalue weighted by atomic mass is 19.1. The van der Waals surface area contributed by atoms with E-state index in [0.29, 0.717) is 5.69 Å². The van der Waals surface area contributed by atoms with E-state index in [0.717, 1.165) is 25.0 Å². The number of rotatable bonds is 4. The molecule has 0 aliphatic heterocycles. The van der Waals surface area contributed by atoms with Crippen molar-refractivity contribution in [2.45, 2.75) is 38.7 Å². The molecule has 2 aromatic carbocycles. The lowest BCUT2D eigenvalue weighted by molar-refractivity contribution is -0.122. The van der Waals surface area contributed by atoms with Gasteiger partial charge in [0.1, 0.15) is 11.6 Å². The summed E-state index contributed by atoms with van der Waals surface area (Å²) in [5.74, 6) is 0.220. The Labute approximate surface area is 135 Å². The molecule has 120 valence electrons. The van der Waals surface area contributed by atoms with Gasteiger partial charge < -0.3 is 10.1 Å². The smallest absolute Gasteiger partial charge is 0.265 e. The third-order valence-electron chi connectivity index (χ3n) is 4.14. The summed E-state index contributed by atoms with van der Waals surface area (Å²) in [6, 6.07) is 11.7. The van der Waals surface area contributed by atoms with Crippen LogP contribution in [0.15, 0.2) is 42.5 Å². The molecule has 2 aromatic rings. The van der Waals surface area contributed by atoms with Crippen LogP contribution in [0.3, 0.4) is 0 Å². The van der Waals surface area contributed by atoms with Crippen molar-refractivity contribution in [3.8, 4) is 5.75 Å². The Morgan fingerprint density at radius 1 is 1.13 bits per heavy atom. The van der Waals surface area contributed by atoms with Crippen LogP contribution in [-0.4, -0.2) is 12.0 Å². The van der Waals surface area contributed by atoms with Crippen molar-refractivity contribution in [1.82, 2.24) is 0 Å². The van der Waals surface area contributed by atoms with Gasteiger partial charge in [-0.3, -0.25) is 4.79 Å². The van der Waals surface area contributed by atoms with Gasteiger partial charge in [0, 0.05) is 5.69 Å². The predicted molar refractivity (Wildman–Crippen MR) is 88.2 cm³/mol. The van der Waals surface area contributed by atoms with Gasteiger partial charge in [0.05, 0.1) is 0 Å². The Morgan fingerprint density at radius 2 is 1.87 bits per heavy atom. The van der Waals surface area contributed by atoms with Crippen LogP contribution in [0.2, 0.25) is 0 Å². The molecule has 1 aliphatic carbocycles. The van der Waals surface area contributed by atoms with Gasteiger partial charge >= 0.3 is 0 Å². The second-order valence-corrected chi connectivity index (χ2v) is 5.86. The van der Waals surface area contributed by atoms with E-state index >= 15 is 0 Å². The molecule has 1 atom stereocenters. The molecule has 1 aliphatic rings. The summed E-state index contributed by atoms with van der Waals surface area (Å²) in [5, 5.41) is 2.74. The fourth-order valence-corrected chi connectivity index (χ4v) is 2.88. The van der Waals surface area contributed by atoms with Gasteiger partial charge in [-0.1, -0.05) is 12.1 Å². The van der Waals surface area contributed by atoms with Crippen LogP contribution in [0.4, 0.5) is 10.1 Å². The maximum absolute atomic E-state index is 12.9. The predicted octanol–water partition coefficient (Wildman–Crippen LogP) is 4.11. The lowest BCUT2D eigenvalue weighted by Gasteiger charge is -2.22. The first kappa shape index (κ1) is 15.5. The molecular weight excluding hydrogens is 293 g/mol. The number of carbonyl (C=O) groups excluding carboxylic acids is 1. The molecule has 0 saturated heterocycles. The van der Waals surface area contributed by atoms with Crippen LogP contribution in [-0.2, 0) is 17.6 Å². The van der Waals surface area contributed by atoms with Gasteiger partial charge in [0.25, 0.3) is 5.91 Å². The normalized spacial score (nSPS) is 14.7. The van der Waals surface area contributed by atoms with Gasteiger partial charge in [-0.15, -0.1) is 0 Å². The maximum Gasteiger partial charge on any atom is 0.265 e. The number of benzene rings is 2. The van der Waals surface area contributed by atoms with Crippen molar-refractivity contribution in [2.24, 2.45) is 0 Å². The minimum Gasteiger partial charge on any atom is -0.481 e. The Bertz CT molecular complexity index is 697. The Morgan fingerprint density at radius 3 is 2.65 bits per heavy atom. The largest absolute Gasteiger partial charge is 0.481 e. The molecule has 1 amide bonds. The average Bonchev–Trinajstić information content (AvgIpc) is 2.57. The van der Waals surface area contributed by atoms with Gasteiger partial charge in [-0.05, 0) is 74.1 Å². The zero-order valence-corrected chi connectivity index (χ0v) is 13.1. The fourth-order valence-electron chi connectivity index (χ4n) is 2.88. The number of amides is 1. The SMILES string of the molecule is CC(Oc1cccc2c1CCCC2)C(=O)Nc1ccc(F)cc1. The molecular formula is C19H20FNO2. The number of ether oxygens (including phenoxy) is 1. The quantitative estimate of drug-likeness (QED) is 0.922. The van der Waals surface area contributed by atoms with E-state index in [2.05, 4.69) is 11.4 Å². The van der Waals surface area contributed by atoms with Crippen LogP contribution in [0.5, 0.6) is 5.75 Å². The first-order valence-corrected chi connectivity index (χ1v) is 7.97. The standard InChI is InChI=1S/C19H20FNO2/c1-13(19(22)21-16-11-9-15(20)10-12-16)23-18-8-4-6-14-5-2-3-7-17(14)18/h4,6,8-13H,2-3,5,7H2,1H3,(H,21,22). The highest BCUT2D eigenvalue weighted by Gasteiger charge is 2.19. The van der Waals surface area contributed by atoms with Crippen LogP contribution in [0, 0.1) is 5.82 Å². The molecule has 0 heterocycles. The van der Waals surface area contributed by atoms with E-state index in [4.69, 9.17) is 4.74 Å².